The van der Waals surface area contributed by atoms with Crippen LogP contribution in [0.15, 0.2) is 24.3 Å². The lowest BCUT2D eigenvalue weighted by Crippen LogP contribution is -2.37. The number of ether oxygens (including phenoxy) is 2. The van der Waals surface area contributed by atoms with E-state index in [4.69, 9.17) is 18.5 Å². The van der Waals surface area contributed by atoms with Gasteiger partial charge in [0.05, 0.1) is 34.4 Å². The number of carbonyl (C=O) groups excluding carboxylic acids is 1. The van der Waals surface area contributed by atoms with Crippen molar-refractivity contribution < 1.29 is 37.3 Å². The van der Waals surface area contributed by atoms with Crippen LogP contribution in [0.2, 0.25) is 0 Å². The molecule has 0 saturated heterocycles. The molecule has 0 radical (unpaired) electrons. The van der Waals surface area contributed by atoms with Gasteiger partial charge in [0.15, 0.2) is 0 Å². The van der Waals surface area contributed by atoms with Gasteiger partial charge in [-0.1, -0.05) is 134 Å². The first-order valence-corrected chi connectivity index (χ1v) is 22.5. The summed E-state index contributed by atoms with van der Waals surface area (Å²) < 4.78 is 34.5. The van der Waals surface area contributed by atoms with Gasteiger partial charge < -0.3 is 27.9 Å². The van der Waals surface area contributed by atoms with E-state index >= 15 is 0 Å². The van der Waals surface area contributed by atoms with Gasteiger partial charge in [0.1, 0.15) is 19.3 Å². The minimum Gasteiger partial charge on any atom is -0.756 e. The number of hydrogen-bond acceptors (Lipinski definition) is 7. The summed E-state index contributed by atoms with van der Waals surface area (Å²) in [6.07, 6.45) is 38.9. The molecular formula is C42H82NO7P. The fraction of sp³-hybridized carbons (Fsp3) is 0.881. The lowest BCUT2D eigenvalue weighted by molar-refractivity contribution is -0.870. The van der Waals surface area contributed by atoms with Crippen molar-refractivity contribution in [1.82, 2.24) is 0 Å². The number of esters is 1. The Balaban J connectivity index is 4.27. The molecule has 2 atom stereocenters. The van der Waals surface area contributed by atoms with Gasteiger partial charge in [0.25, 0.3) is 7.82 Å². The van der Waals surface area contributed by atoms with E-state index in [0.29, 0.717) is 24.1 Å². The van der Waals surface area contributed by atoms with Crippen molar-refractivity contribution in [3.05, 3.63) is 24.3 Å². The molecule has 0 aliphatic rings. The third-order valence-corrected chi connectivity index (χ3v) is 9.94. The molecule has 8 nitrogen and oxygen atoms in total. The first kappa shape index (κ1) is 50.0. The average molecular weight is 744 g/mol. The molecule has 0 heterocycles. The summed E-state index contributed by atoms with van der Waals surface area (Å²) >= 11 is 0. The van der Waals surface area contributed by atoms with E-state index in [1.54, 1.807) is 0 Å². The van der Waals surface area contributed by atoms with E-state index in [2.05, 4.69) is 38.2 Å². The summed E-state index contributed by atoms with van der Waals surface area (Å²) in [7, 11) is 1.35. The highest BCUT2D eigenvalue weighted by atomic mass is 31.2. The number of hydrogen-bond donors (Lipinski definition) is 0. The van der Waals surface area contributed by atoms with Crippen LogP contribution in [0.5, 0.6) is 0 Å². The number of nitrogens with zero attached hydrogens (tertiary/aromatic N) is 1. The van der Waals surface area contributed by atoms with Crippen LogP contribution in [-0.2, 0) is 27.9 Å². The van der Waals surface area contributed by atoms with Crippen LogP contribution in [0.25, 0.3) is 0 Å². The molecule has 0 spiro atoms. The highest BCUT2D eigenvalue weighted by Crippen LogP contribution is 2.38. The Morgan fingerprint density at radius 2 is 1.02 bits per heavy atom. The highest BCUT2D eigenvalue weighted by Gasteiger charge is 2.20. The minimum atomic E-state index is -4.52. The SMILES string of the molecule is CCCCC/C=C\CCCCCCCCOCC(COP(=O)([O-])OCC[N+](C)(C)C)OC(=O)CCCCCCC/C=C\CCCCCCCCC. The minimum absolute atomic E-state index is 0.0243. The Kier molecular flexibility index (Phi) is 35.3. The zero-order chi connectivity index (χ0) is 37.7. The van der Waals surface area contributed by atoms with Gasteiger partial charge in [-0.05, 0) is 64.2 Å². The van der Waals surface area contributed by atoms with Gasteiger partial charge >= 0.3 is 5.97 Å². The summed E-state index contributed by atoms with van der Waals surface area (Å²) in [5.74, 6) is -0.344. The van der Waals surface area contributed by atoms with Crippen LogP contribution in [0.4, 0.5) is 0 Å². The van der Waals surface area contributed by atoms with Crippen molar-refractivity contribution in [3.8, 4) is 0 Å². The predicted octanol–water partition coefficient (Wildman–Crippen LogP) is 11.4. The van der Waals surface area contributed by atoms with Crippen molar-refractivity contribution in [1.29, 1.82) is 0 Å². The van der Waals surface area contributed by atoms with Crippen molar-refractivity contribution in [2.75, 3.05) is 54.1 Å². The lowest BCUT2D eigenvalue weighted by atomic mass is 10.1. The molecule has 0 aromatic heterocycles. The summed E-state index contributed by atoms with van der Waals surface area (Å²) in [6, 6.07) is 0. The molecule has 0 aliphatic heterocycles. The quantitative estimate of drug-likeness (QED) is 0.0203. The van der Waals surface area contributed by atoms with E-state index in [1.807, 2.05) is 21.1 Å². The van der Waals surface area contributed by atoms with Crippen molar-refractivity contribution >= 4 is 13.8 Å². The second-order valence-electron chi connectivity index (χ2n) is 15.3. The maximum atomic E-state index is 12.6. The largest absolute Gasteiger partial charge is 0.756 e. The van der Waals surface area contributed by atoms with Crippen LogP contribution < -0.4 is 4.89 Å². The molecule has 0 fully saturated rings. The molecule has 0 N–H and O–H groups in total. The van der Waals surface area contributed by atoms with E-state index in [-0.39, 0.29) is 25.8 Å². The molecule has 0 saturated carbocycles. The highest BCUT2D eigenvalue weighted by molar-refractivity contribution is 7.45. The zero-order valence-electron chi connectivity index (χ0n) is 34.1. The number of unbranched alkanes of at least 4 members (excludes halogenated alkanes) is 21. The van der Waals surface area contributed by atoms with Crippen molar-refractivity contribution in [3.63, 3.8) is 0 Å². The number of phosphoric ester groups is 1. The number of likely N-dealkylation sites (N-methyl/N-ethyl adjacent to an activating group) is 1. The smallest absolute Gasteiger partial charge is 0.306 e. The molecule has 0 bridgehead atoms. The van der Waals surface area contributed by atoms with E-state index in [1.165, 1.54) is 116 Å². The Morgan fingerprint density at radius 3 is 1.53 bits per heavy atom. The average Bonchev–Trinajstić information content (AvgIpc) is 3.08. The monoisotopic (exact) mass is 744 g/mol. The van der Waals surface area contributed by atoms with E-state index in [9.17, 15) is 14.3 Å². The molecule has 9 heteroatoms. The van der Waals surface area contributed by atoms with Crippen LogP contribution in [0.1, 0.15) is 181 Å². The number of quaternary nitrogens is 1. The Labute approximate surface area is 315 Å². The van der Waals surface area contributed by atoms with Gasteiger partial charge in [-0.2, -0.15) is 0 Å². The molecule has 302 valence electrons. The number of rotatable bonds is 39. The topological polar surface area (TPSA) is 94.1 Å². The molecule has 0 rings (SSSR count). The molecule has 0 aromatic rings. The van der Waals surface area contributed by atoms with Gasteiger partial charge in [-0.25, -0.2) is 0 Å². The summed E-state index contributed by atoms with van der Waals surface area (Å²) in [6.45, 7) is 5.37. The number of allylic oxidation sites excluding steroid dienone is 4. The zero-order valence-corrected chi connectivity index (χ0v) is 35.0. The van der Waals surface area contributed by atoms with Crippen molar-refractivity contribution in [2.24, 2.45) is 0 Å². The van der Waals surface area contributed by atoms with Gasteiger partial charge in [0.2, 0.25) is 0 Å². The standard InChI is InChI=1S/C42H82NO7P/c1-6-8-10-12-14-16-18-20-21-22-23-25-27-29-31-33-35-42(44)50-41(40-49-51(45,46)48-38-36-43(3,4)5)39-47-37-34-32-30-28-26-24-19-17-15-13-11-9-7-2/h15,17,21-22,41H,6-14,16,18-20,23-40H2,1-5H3/b17-15-,22-21-. The third-order valence-electron chi connectivity index (χ3n) is 8.98. The van der Waals surface area contributed by atoms with Gasteiger partial charge in [-0.3, -0.25) is 9.36 Å². The Bertz CT molecular complexity index is 874. The second-order valence-corrected chi connectivity index (χ2v) is 16.8. The van der Waals surface area contributed by atoms with Crippen LogP contribution in [-0.4, -0.2) is 70.7 Å². The van der Waals surface area contributed by atoms with E-state index in [0.717, 1.165) is 44.9 Å². The number of phosphoric acid groups is 1. The molecule has 51 heavy (non-hydrogen) atoms. The molecule has 0 aliphatic carbocycles. The van der Waals surface area contributed by atoms with E-state index < -0.39 is 13.9 Å². The summed E-state index contributed by atoms with van der Waals surface area (Å²) in [5, 5.41) is 0. The van der Waals surface area contributed by atoms with Gasteiger partial charge in [-0.15, -0.1) is 0 Å². The fourth-order valence-electron chi connectivity index (χ4n) is 5.65. The van der Waals surface area contributed by atoms with Crippen LogP contribution in [0.3, 0.4) is 0 Å². The Morgan fingerprint density at radius 1 is 0.588 bits per heavy atom. The molecule has 0 amide bonds. The first-order valence-electron chi connectivity index (χ1n) is 21.1. The fourth-order valence-corrected chi connectivity index (χ4v) is 6.38. The summed E-state index contributed by atoms with van der Waals surface area (Å²) in [4.78, 5) is 25.0. The second kappa shape index (κ2) is 36.0. The van der Waals surface area contributed by atoms with Crippen molar-refractivity contribution in [2.45, 2.75) is 187 Å². The first-order chi connectivity index (χ1) is 24.6. The maximum absolute atomic E-state index is 12.6. The third kappa shape index (κ3) is 40.0. The van der Waals surface area contributed by atoms with Gasteiger partial charge in [0, 0.05) is 13.0 Å². The maximum Gasteiger partial charge on any atom is 0.306 e. The Hall–Kier alpha value is -1.02. The molecular weight excluding hydrogens is 661 g/mol. The van der Waals surface area contributed by atoms with Crippen LogP contribution in [0, 0.1) is 0 Å². The lowest BCUT2D eigenvalue weighted by Gasteiger charge is -2.28. The normalized spacial score (nSPS) is 14.1. The summed E-state index contributed by atoms with van der Waals surface area (Å²) in [5.41, 5.74) is 0. The predicted molar refractivity (Wildman–Crippen MR) is 213 cm³/mol. The number of carbonyl (C=O) groups is 1. The molecule has 0 aromatic carbocycles. The molecule has 2 unspecified atom stereocenters. The van der Waals surface area contributed by atoms with Crippen LogP contribution >= 0.6 is 7.82 Å².